The Labute approximate surface area is 395 Å². The number of fused-ring (bicyclic) bond motifs is 15. The molecule has 8 aromatic carbocycles. The quantitative estimate of drug-likeness (QED) is 0.173. The van der Waals surface area contributed by atoms with Crippen LogP contribution in [0.15, 0.2) is 194 Å². The van der Waals surface area contributed by atoms with Crippen LogP contribution in [0.5, 0.6) is 0 Å². The Balaban J connectivity index is 1.05. The van der Waals surface area contributed by atoms with Crippen LogP contribution in [-0.4, -0.2) is 37.8 Å². The fourth-order valence-electron chi connectivity index (χ4n) is 11.7. The van der Waals surface area contributed by atoms with Gasteiger partial charge in [0.25, 0.3) is 0 Å². The summed E-state index contributed by atoms with van der Waals surface area (Å²) in [6.45, 7) is 2.31. The molecule has 8 nitrogen and oxygen atoms in total. The first-order chi connectivity index (χ1) is 34.1. The van der Waals surface area contributed by atoms with E-state index in [1.165, 1.54) is 43.5 Å². The second-order valence-electron chi connectivity index (χ2n) is 18.6. The van der Waals surface area contributed by atoms with Gasteiger partial charge < -0.3 is 9.13 Å². The predicted molar refractivity (Wildman–Crippen MR) is 283 cm³/mol. The summed E-state index contributed by atoms with van der Waals surface area (Å²) >= 11 is 0. The van der Waals surface area contributed by atoms with E-state index >= 15 is 0 Å². The zero-order chi connectivity index (χ0) is 45.5. The molecular formula is C61H42N8. The molecule has 1 atom stereocenters. The van der Waals surface area contributed by atoms with Crippen LogP contribution in [0.3, 0.4) is 0 Å². The van der Waals surface area contributed by atoms with E-state index in [4.69, 9.17) is 15.0 Å². The highest BCUT2D eigenvalue weighted by Gasteiger charge is 2.30. The lowest BCUT2D eigenvalue weighted by Gasteiger charge is -2.15. The van der Waals surface area contributed by atoms with Crippen LogP contribution in [0.4, 0.5) is 0 Å². The second-order valence-corrected chi connectivity index (χ2v) is 18.6. The Hall–Kier alpha value is -9.01. The van der Waals surface area contributed by atoms with Crippen LogP contribution in [-0.2, 0) is 13.5 Å². The third-order valence-electron chi connectivity index (χ3n) is 14.6. The van der Waals surface area contributed by atoms with Crippen molar-refractivity contribution in [3.63, 3.8) is 0 Å². The Kier molecular flexibility index (Phi) is 7.87. The van der Waals surface area contributed by atoms with E-state index < -0.39 is 0 Å². The van der Waals surface area contributed by atoms with E-state index in [2.05, 4.69) is 237 Å². The molecule has 0 spiro atoms. The van der Waals surface area contributed by atoms with Crippen LogP contribution < -0.4 is 0 Å². The molecule has 0 N–H and O–H groups in total. The zero-order valence-corrected chi connectivity index (χ0v) is 37.9. The number of para-hydroxylation sites is 5. The highest BCUT2D eigenvalue weighted by atomic mass is 15.3. The third kappa shape index (κ3) is 5.25. The van der Waals surface area contributed by atoms with Crippen molar-refractivity contribution < 1.29 is 0 Å². The maximum absolute atomic E-state index is 5.77. The van der Waals surface area contributed by atoms with Crippen LogP contribution >= 0.6 is 0 Å². The monoisotopic (exact) mass is 886 g/mol. The SMILES string of the molecule is CC1C=Cc2c(c3c(ccc4c5ccccc5n(-c5ccccc5)c43)n2-c2nc3nc(-c4ccccc4)c(-n4c5ccccc5c5ccc6c(c7ccccc7n6-c6ccccc6)c54)nc3n2C)C1. The van der Waals surface area contributed by atoms with Gasteiger partial charge in [-0.1, -0.05) is 146 Å². The highest BCUT2D eigenvalue weighted by Crippen LogP contribution is 2.46. The number of aryl methyl sites for hydroxylation is 1. The summed E-state index contributed by atoms with van der Waals surface area (Å²) in [5.41, 5.74) is 15.7. The molecule has 0 saturated carbocycles. The van der Waals surface area contributed by atoms with E-state index in [0.29, 0.717) is 17.2 Å². The van der Waals surface area contributed by atoms with Gasteiger partial charge in [0.05, 0.1) is 44.3 Å². The molecule has 15 rings (SSSR count). The topological polar surface area (TPSA) is 63.3 Å². The first-order valence-corrected chi connectivity index (χ1v) is 23.7. The number of hydrogen-bond acceptors (Lipinski definition) is 3. The van der Waals surface area contributed by atoms with Gasteiger partial charge in [0, 0.05) is 61.7 Å². The normalized spacial score (nSPS) is 14.0. The minimum atomic E-state index is 0.375. The van der Waals surface area contributed by atoms with Gasteiger partial charge in [-0.2, -0.15) is 4.98 Å². The number of hydrogen-bond donors (Lipinski definition) is 0. The summed E-state index contributed by atoms with van der Waals surface area (Å²) in [6.07, 6.45) is 5.56. The molecule has 0 amide bonds. The summed E-state index contributed by atoms with van der Waals surface area (Å²) in [4.78, 5) is 16.8. The van der Waals surface area contributed by atoms with Gasteiger partial charge in [-0.25, -0.2) is 9.97 Å². The number of aromatic nitrogens is 8. The van der Waals surface area contributed by atoms with E-state index in [1.54, 1.807) is 0 Å². The van der Waals surface area contributed by atoms with Gasteiger partial charge >= 0.3 is 0 Å². The second kappa shape index (κ2) is 14.2. The first kappa shape index (κ1) is 38.1. The van der Waals surface area contributed by atoms with Crippen molar-refractivity contribution in [2.24, 2.45) is 13.0 Å². The van der Waals surface area contributed by atoms with Crippen molar-refractivity contribution in [3.05, 3.63) is 205 Å². The molecule has 8 heteroatoms. The molecule has 0 bridgehead atoms. The van der Waals surface area contributed by atoms with Crippen LogP contribution in [0, 0.1) is 5.92 Å². The van der Waals surface area contributed by atoms with Gasteiger partial charge in [-0.15, -0.1) is 0 Å². The molecular weight excluding hydrogens is 845 g/mol. The van der Waals surface area contributed by atoms with Gasteiger partial charge in [-0.05, 0) is 78.6 Å². The Morgan fingerprint density at radius 2 is 0.986 bits per heavy atom. The Morgan fingerprint density at radius 3 is 1.65 bits per heavy atom. The fraction of sp³-hybridized carbons (Fsp3) is 0.0656. The molecule has 6 aromatic heterocycles. The highest BCUT2D eigenvalue weighted by molar-refractivity contribution is 6.26. The molecule has 14 aromatic rings. The predicted octanol–water partition coefficient (Wildman–Crippen LogP) is 14.5. The van der Waals surface area contributed by atoms with Crippen molar-refractivity contribution in [1.29, 1.82) is 0 Å². The molecule has 69 heavy (non-hydrogen) atoms. The van der Waals surface area contributed by atoms with E-state index in [1.807, 2.05) is 0 Å². The first-order valence-electron chi connectivity index (χ1n) is 23.7. The maximum Gasteiger partial charge on any atom is 0.218 e. The Bertz CT molecular complexity index is 4470. The molecule has 0 fully saturated rings. The fourth-order valence-corrected chi connectivity index (χ4v) is 11.7. The summed E-state index contributed by atoms with van der Waals surface area (Å²) in [7, 11) is 2.09. The van der Waals surface area contributed by atoms with Crippen LogP contribution in [0.25, 0.3) is 128 Å². The maximum atomic E-state index is 5.77. The van der Waals surface area contributed by atoms with Crippen LogP contribution in [0.1, 0.15) is 18.2 Å². The number of nitrogens with zero attached hydrogens (tertiary/aromatic N) is 8. The minimum absolute atomic E-state index is 0.375. The van der Waals surface area contributed by atoms with Crippen molar-refractivity contribution in [2.75, 3.05) is 0 Å². The lowest BCUT2D eigenvalue weighted by molar-refractivity contribution is 0.715. The average molecular weight is 887 g/mol. The van der Waals surface area contributed by atoms with Gasteiger partial charge in [-0.3, -0.25) is 13.7 Å². The number of allylic oxidation sites excluding steroid dienone is 1. The van der Waals surface area contributed by atoms with Crippen molar-refractivity contribution in [3.8, 4) is 34.4 Å². The van der Waals surface area contributed by atoms with Gasteiger partial charge in [0.1, 0.15) is 5.69 Å². The standard InChI is InChI=1S/C61H42N8/c1-37-30-33-50-46(36-37)54-52(35-32-43-41-24-12-15-27-47(41)67(56(43)54)40-22-10-5-11-23-40)68(50)61-63-58-60(65(61)2)64-59(55(62-58)38-18-6-3-7-19-38)69-48-28-16-13-25-42(48)44-31-34-51-53(57(44)69)45-26-14-17-29-49(45)66(51)39-20-8-4-9-21-39/h3-35,37H,36H2,1-2H3. The molecule has 326 valence electrons. The number of benzene rings is 8. The summed E-state index contributed by atoms with van der Waals surface area (Å²) in [6, 6.07) is 67.3. The number of imidazole rings is 1. The molecule has 6 heterocycles. The molecule has 1 aliphatic carbocycles. The van der Waals surface area contributed by atoms with Crippen molar-refractivity contribution in [1.82, 2.24) is 37.8 Å². The summed E-state index contributed by atoms with van der Waals surface area (Å²) < 4.78 is 11.7. The zero-order valence-electron chi connectivity index (χ0n) is 37.9. The molecule has 0 aliphatic heterocycles. The van der Waals surface area contributed by atoms with E-state index in [-0.39, 0.29) is 0 Å². The van der Waals surface area contributed by atoms with Gasteiger partial charge in [0.15, 0.2) is 17.1 Å². The largest absolute Gasteiger partial charge is 0.309 e. The third-order valence-corrected chi connectivity index (χ3v) is 14.6. The molecule has 1 aliphatic rings. The summed E-state index contributed by atoms with van der Waals surface area (Å²) in [5, 5.41) is 8.39. The van der Waals surface area contributed by atoms with E-state index in [9.17, 15) is 0 Å². The molecule has 0 saturated heterocycles. The summed E-state index contributed by atoms with van der Waals surface area (Å²) in [5.74, 6) is 1.89. The van der Waals surface area contributed by atoms with Gasteiger partial charge in [0.2, 0.25) is 5.95 Å². The van der Waals surface area contributed by atoms with Crippen LogP contribution in [0.2, 0.25) is 0 Å². The van der Waals surface area contributed by atoms with Crippen molar-refractivity contribution >= 4 is 93.7 Å². The minimum Gasteiger partial charge on any atom is -0.309 e. The molecule has 0 radical (unpaired) electrons. The molecule has 1 unspecified atom stereocenters. The average Bonchev–Trinajstić information content (AvgIpc) is 4.19. The lowest BCUT2D eigenvalue weighted by atomic mass is 9.92. The lowest BCUT2D eigenvalue weighted by Crippen LogP contribution is -2.09. The number of rotatable bonds is 5. The smallest absolute Gasteiger partial charge is 0.218 e. The van der Waals surface area contributed by atoms with E-state index in [0.717, 1.165) is 84.9 Å². The van der Waals surface area contributed by atoms with Crippen molar-refractivity contribution in [2.45, 2.75) is 13.3 Å². The Morgan fingerprint density at radius 1 is 0.449 bits per heavy atom.